The summed E-state index contributed by atoms with van der Waals surface area (Å²) >= 11 is 0. The number of nitrogens with two attached hydrogens (primary N) is 1. The van der Waals surface area contributed by atoms with E-state index in [-0.39, 0.29) is 5.91 Å². The third-order valence-electron chi connectivity index (χ3n) is 3.89. The Morgan fingerprint density at radius 3 is 2.54 bits per heavy atom. The molecule has 2 heterocycles. The van der Waals surface area contributed by atoms with Crippen LogP contribution in [-0.4, -0.2) is 35.9 Å². The Hall–Kier alpha value is -3.23. The topological polar surface area (TPSA) is 117 Å². The van der Waals surface area contributed by atoms with Crippen LogP contribution in [0.4, 0.5) is 5.82 Å². The fourth-order valence-corrected chi connectivity index (χ4v) is 2.58. The first-order chi connectivity index (χ1) is 12.6. The van der Waals surface area contributed by atoms with Gasteiger partial charge in [-0.3, -0.25) is 14.2 Å². The first-order valence-corrected chi connectivity index (χ1v) is 8.49. The zero-order chi connectivity index (χ0) is 18.4. The average Bonchev–Trinajstić information content (AvgIpc) is 3.26. The van der Waals surface area contributed by atoms with E-state index in [1.807, 2.05) is 31.2 Å². The number of rotatable bonds is 8. The molecule has 3 rings (SSSR count). The average molecular weight is 354 g/mol. The van der Waals surface area contributed by atoms with Crippen LogP contribution in [-0.2, 0) is 19.6 Å². The number of anilines is 1. The van der Waals surface area contributed by atoms with Gasteiger partial charge in [0.05, 0.1) is 12.4 Å². The van der Waals surface area contributed by atoms with Crippen LogP contribution in [0.25, 0.3) is 0 Å². The number of nitrogens with zero attached hydrogens (tertiary/aromatic N) is 6. The summed E-state index contributed by atoms with van der Waals surface area (Å²) in [5.41, 5.74) is 8.06. The highest BCUT2D eigenvalue weighted by molar-refractivity contribution is 5.91. The maximum atomic E-state index is 12.2. The van der Waals surface area contributed by atoms with Gasteiger partial charge in [-0.2, -0.15) is 0 Å². The van der Waals surface area contributed by atoms with Gasteiger partial charge in [-0.15, -0.1) is 10.2 Å². The van der Waals surface area contributed by atoms with Crippen LogP contribution in [0.5, 0.6) is 0 Å². The molecule has 3 N–H and O–H groups in total. The SMILES string of the molecule is Cc1cccc(CNC(=O)c2cn(CCCCn3cc(N)nn3)nn2)c1. The van der Waals surface area contributed by atoms with Crippen molar-refractivity contribution in [3.05, 3.63) is 53.5 Å². The summed E-state index contributed by atoms with van der Waals surface area (Å²) in [5, 5.41) is 18.4. The van der Waals surface area contributed by atoms with Crippen molar-refractivity contribution in [3.8, 4) is 0 Å². The Kier molecular flexibility index (Phi) is 5.57. The number of carbonyl (C=O) groups is 1. The molecule has 0 radical (unpaired) electrons. The molecule has 2 aromatic heterocycles. The second-order valence-electron chi connectivity index (χ2n) is 6.15. The fraction of sp³-hybridized carbons (Fsp3) is 0.353. The van der Waals surface area contributed by atoms with E-state index < -0.39 is 0 Å². The lowest BCUT2D eigenvalue weighted by Crippen LogP contribution is -2.23. The molecule has 0 saturated heterocycles. The van der Waals surface area contributed by atoms with E-state index in [1.54, 1.807) is 21.8 Å². The maximum absolute atomic E-state index is 12.2. The standard InChI is InChI=1S/C17H22N8O/c1-13-5-4-6-14(9-13)10-19-17(26)15-11-24(22-20-15)7-2-3-8-25-12-16(18)21-23-25/h4-6,9,11-12H,2-3,7-8,10,18H2,1H3,(H,19,26). The molecule has 0 bridgehead atoms. The number of aromatic nitrogens is 6. The number of aryl methyl sites for hydroxylation is 3. The quantitative estimate of drug-likeness (QED) is 0.587. The molecule has 136 valence electrons. The Bertz CT molecular complexity index is 869. The van der Waals surface area contributed by atoms with E-state index in [0.717, 1.165) is 30.5 Å². The van der Waals surface area contributed by atoms with E-state index in [0.29, 0.717) is 24.6 Å². The molecule has 1 aromatic carbocycles. The van der Waals surface area contributed by atoms with Gasteiger partial charge in [-0.25, -0.2) is 0 Å². The van der Waals surface area contributed by atoms with Crippen LogP contribution < -0.4 is 11.1 Å². The fourth-order valence-electron chi connectivity index (χ4n) is 2.58. The Balaban J connectivity index is 1.42. The highest BCUT2D eigenvalue weighted by Gasteiger charge is 2.10. The number of benzene rings is 1. The third-order valence-corrected chi connectivity index (χ3v) is 3.89. The molecule has 3 aromatic rings. The number of nitrogen functional groups attached to an aromatic ring is 1. The molecule has 0 fully saturated rings. The van der Waals surface area contributed by atoms with Gasteiger partial charge in [0.2, 0.25) is 0 Å². The van der Waals surface area contributed by atoms with Gasteiger partial charge in [0, 0.05) is 19.6 Å². The number of nitrogens with one attached hydrogen (secondary N) is 1. The first kappa shape index (κ1) is 17.6. The van der Waals surface area contributed by atoms with Crippen molar-refractivity contribution < 1.29 is 4.79 Å². The van der Waals surface area contributed by atoms with Crippen molar-refractivity contribution in [2.75, 3.05) is 5.73 Å². The number of unbranched alkanes of at least 4 members (excludes halogenated alkanes) is 1. The van der Waals surface area contributed by atoms with E-state index in [9.17, 15) is 4.79 Å². The van der Waals surface area contributed by atoms with Gasteiger partial charge in [0.15, 0.2) is 11.5 Å². The Morgan fingerprint density at radius 1 is 1.12 bits per heavy atom. The molecule has 0 spiro atoms. The molecule has 0 aliphatic carbocycles. The van der Waals surface area contributed by atoms with Crippen LogP contribution in [0.2, 0.25) is 0 Å². The molecular weight excluding hydrogens is 332 g/mol. The summed E-state index contributed by atoms with van der Waals surface area (Å²) < 4.78 is 3.39. The van der Waals surface area contributed by atoms with Gasteiger partial charge in [0.1, 0.15) is 0 Å². The van der Waals surface area contributed by atoms with Crippen LogP contribution in [0.1, 0.15) is 34.5 Å². The highest BCUT2D eigenvalue weighted by atomic mass is 16.2. The molecule has 0 aliphatic heterocycles. The first-order valence-electron chi connectivity index (χ1n) is 8.49. The molecule has 9 nitrogen and oxygen atoms in total. The van der Waals surface area contributed by atoms with Crippen LogP contribution in [0, 0.1) is 6.92 Å². The van der Waals surface area contributed by atoms with Gasteiger partial charge < -0.3 is 11.1 Å². The van der Waals surface area contributed by atoms with Crippen LogP contribution in [0.3, 0.4) is 0 Å². The van der Waals surface area contributed by atoms with Gasteiger partial charge >= 0.3 is 0 Å². The lowest BCUT2D eigenvalue weighted by molar-refractivity contribution is 0.0946. The number of hydrogen-bond acceptors (Lipinski definition) is 6. The molecule has 0 unspecified atom stereocenters. The number of amides is 1. The summed E-state index contributed by atoms with van der Waals surface area (Å²) in [5.74, 6) is 0.193. The summed E-state index contributed by atoms with van der Waals surface area (Å²) in [7, 11) is 0. The van der Waals surface area contributed by atoms with E-state index >= 15 is 0 Å². The zero-order valence-electron chi connectivity index (χ0n) is 14.7. The Labute approximate surface area is 151 Å². The van der Waals surface area contributed by atoms with Gasteiger partial charge in [0.25, 0.3) is 5.91 Å². The lowest BCUT2D eigenvalue weighted by atomic mass is 10.1. The monoisotopic (exact) mass is 354 g/mol. The largest absolute Gasteiger partial charge is 0.381 e. The second-order valence-corrected chi connectivity index (χ2v) is 6.15. The van der Waals surface area contributed by atoms with Crippen LogP contribution in [0.15, 0.2) is 36.7 Å². The third kappa shape index (κ3) is 4.88. The summed E-state index contributed by atoms with van der Waals surface area (Å²) in [6, 6.07) is 8.02. The highest BCUT2D eigenvalue weighted by Crippen LogP contribution is 2.04. The van der Waals surface area contributed by atoms with Crippen molar-refractivity contribution in [2.45, 2.75) is 39.4 Å². The van der Waals surface area contributed by atoms with E-state index in [4.69, 9.17) is 5.73 Å². The predicted octanol–water partition coefficient (Wildman–Crippen LogP) is 1.17. The summed E-state index contributed by atoms with van der Waals surface area (Å²) in [6.45, 7) is 3.91. The van der Waals surface area contributed by atoms with Crippen molar-refractivity contribution >= 4 is 11.7 Å². The van der Waals surface area contributed by atoms with E-state index in [2.05, 4.69) is 25.9 Å². The van der Waals surface area contributed by atoms with Crippen LogP contribution >= 0.6 is 0 Å². The molecule has 1 amide bonds. The van der Waals surface area contributed by atoms with Crippen molar-refractivity contribution in [1.29, 1.82) is 0 Å². The minimum atomic E-state index is -0.226. The summed E-state index contributed by atoms with van der Waals surface area (Å²) in [6.07, 6.45) is 5.15. The molecule has 0 aliphatic rings. The zero-order valence-corrected chi connectivity index (χ0v) is 14.7. The van der Waals surface area contributed by atoms with Gasteiger partial charge in [-0.05, 0) is 25.3 Å². The van der Waals surface area contributed by atoms with Crippen molar-refractivity contribution in [3.63, 3.8) is 0 Å². The normalized spacial score (nSPS) is 10.8. The molecule has 0 saturated carbocycles. The minimum absolute atomic E-state index is 0.226. The number of hydrogen-bond donors (Lipinski definition) is 2. The second kappa shape index (κ2) is 8.24. The van der Waals surface area contributed by atoms with E-state index in [1.165, 1.54) is 0 Å². The maximum Gasteiger partial charge on any atom is 0.273 e. The molecule has 0 atom stereocenters. The predicted molar refractivity (Wildman–Crippen MR) is 96.0 cm³/mol. The minimum Gasteiger partial charge on any atom is -0.381 e. The molecular formula is C17H22N8O. The van der Waals surface area contributed by atoms with Gasteiger partial charge in [-0.1, -0.05) is 40.3 Å². The Morgan fingerprint density at radius 2 is 1.85 bits per heavy atom. The lowest BCUT2D eigenvalue weighted by Gasteiger charge is -2.04. The smallest absolute Gasteiger partial charge is 0.273 e. The number of carbonyl (C=O) groups excluding carboxylic acids is 1. The molecule has 26 heavy (non-hydrogen) atoms. The van der Waals surface area contributed by atoms with Crippen molar-refractivity contribution in [1.82, 2.24) is 35.3 Å². The summed E-state index contributed by atoms with van der Waals surface area (Å²) in [4.78, 5) is 12.2. The molecule has 9 heteroatoms. The van der Waals surface area contributed by atoms with Crippen molar-refractivity contribution in [2.24, 2.45) is 0 Å².